The van der Waals surface area contributed by atoms with E-state index >= 15 is 0 Å². The van der Waals surface area contributed by atoms with Gasteiger partial charge < -0.3 is 4.74 Å². The van der Waals surface area contributed by atoms with Gasteiger partial charge in [-0.1, -0.05) is 6.07 Å². The van der Waals surface area contributed by atoms with Crippen LogP contribution in [-0.2, 0) is 0 Å². The minimum atomic E-state index is 0.531. The first-order valence-electron chi connectivity index (χ1n) is 6.79. The summed E-state index contributed by atoms with van der Waals surface area (Å²) in [5.74, 6) is 2.37. The zero-order chi connectivity index (χ0) is 14.3. The zero-order valence-electron chi connectivity index (χ0n) is 11.9. The highest BCUT2D eigenvalue weighted by atomic mass is 79.9. The SMILES string of the molecule is COc1c(-c2cc(Br)nc(C3CC3)n2)ccc(C)c1C. The number of aryl methyl sites for hydroxylation is 1. The first-order chi connectivity index (χ1) is 9.60. The standard InChI is InChI=1S/C16H17BrN2O/c1-9-4-7-12(15(20-3)10(9)2)13-8-14(17)19-16(18-13)11-5-6-11/h4,7-8,11H,5-6H2,1-3H3. The van der Waals surface area contributed by atoms with Gasteiger partial charge in [-0.25, -0.2) is 9.97 Å². The molecule has 0 unspecified atom stereocenters. The Hall–Kier alpha value is -1.42. The summed E-state index contributed by atoms with van der Waals surface area (Å²) in [4.78, 5) is 9.21. The Bertz CT molecular complexity index is 666. The van der Waals surface area contributed by atoms with Crippen molar-refractivity contribution in [3.05, 3.63) is 39.8 Å². The minimum Gasteiger partial charge on any atom is -0.496 e. The molecule has 20 heavy (non-hydrogen) atoms. The van der Waals surface area contributed by atoms with Crippen molar-refractivity contribution in [1.29, 1.82) is 0 Å². The van der Waals surface area contributed by atoms with Gasteiger partial charge in [0.25, 0.3) is 0 Å². The molecule has 0 aliphatic heterocycles. The van der Waals surface area contributed by atoms with Crippen LogP contribution in [-0.4, -0.2) is 17.1 Å². The summed E-state index contributed by atoms with van der Waals surface area (Å²) in [6, 6.07) is 6.14. The molecule has 3 nitrogen and oxygen atoms in total. The lowest BCUT2D eigenvalue weighted by Gasteiger charge is -2.14. The molecule has 1 fully saturated rings. The lowest BCUT2D eigenvalue weighted by atomic mass is 10.0. The average molecular weight is 333 g/mol. The molecule has 0 N–H and O–H groups in total. The summed E-state index contributed by atoms with van der Waals surface area (Å²) in [5.41, 5.74) is 4.34. The van der Waals surface area contributed by atoms with Crippen molar-refractivity contribution >= 4 is 15.9 Å². The molecule has 1 aromatic heterocycles. The highest BCUT2D eigenvalue weighted by molar-refractivity contribution is 9.10. The van der Waals surface area contributed by atoms with E-state index in [-0.39, 0.29) is 0 Å². The lowest BCUT2D eigenvalue weighted by molar-refractivity contribution is 0.413. The Morgan fingerprint density at radius 3 is 2.60 bits per heavy atom. The Kier molecular flexibility index (Phi) is 3.50. The van der Waals surface area contributed by atoms with Gasteiger partial charge in [-0.3, -0.25) is 0 Å². The minimum absolute atomic E-state index is 0.531. The molecule has 104 valence electrons. The van der Waals surface area contributed by atoms with Gasteiger partial charge in [0.05, 0.1) is 12.8 Å². The largest absolute Gasteiger partial charge is 0.496 e. The quantitative estimate of drug-likeness (QED) is 0.781. The molecule has 0 bridgehead atoms. The molecular weight excluding hydrogens is 316 g/mol. The molecule has 1 aliphatic rings. The molecule has 1 aromatic carbocycles. The predicted molar refractivity (Wildman–Crippen MR) is 83.2 cm³/mol. The van der Waals surface area contributed by atoms with Gasteiger partial charge in [-0.05, 0) is 65.9 Å². The van der Waals surface area contributed by atoms with E-state index in [9.17, 15) is 0 Å². The van der Waals surface area contributed by atoms with Crippen molar-refractivity contribution in [2.24, 2.45) is 0 Å². The Labute approximate surface area is 127 Å². The van der Waals surface area contributed by atoms with Gasteiger partial charge in [0.2, 0.25) is 0 Å². The summed E-state index contributed by atoms with van der Waals surface area (Å²) in [5, 5.41) is 0. The molecule has 0 amide bonds. The van der Waals surface area contributed by atoms with Crippen molar-refractivity contribution in [3.63, 3.8) is 0 Å². The molecule has 2 aromatic rings. The number of halogens is 1. The van der Waals surface area contributed by atoms with Crippen LogP contribution in [0.5, 0.6) is 5.75 Å². The van der Waals surface area contributed by atoms with Gasteiger partial charge in [-0.15, -0.1) is 0 Å². The smallest absolute Gasteiger partial charge is 0.133 e. The summed E-state index contributed by atoms with van der Waals surface area (Å²) < 4.78 is 6.43. The summed E-state index contributed by atoms with van der Waals surface area (Å²) in [6.45, 7) is 4.17. The normalized spacial score (nSPS) is 14.4. The van der Waals surface area contributed by atoms with E-state index in [0.717, 1.165) is 33.0 Å². The van der Waals surface area contributed by atoms with Crippen LogP contribution >= 0.6 is 15.9 Å². The molecular formula is C16H17BrN2O. The molecule has 0 atom stereocenters. The molecule has 4 heteroatoms. The van der Waals surface area contributed by atoms with Gasteiger partial charge in [-0.2, -0.15) is 0 Å². The zero-order valence-corrected chi connectivity index (χ0v) is 13.5. The van der Waals surface area contributed by atoms with E-state index in [4.69, 9.17) is 9.72 Å². The van der Waals surface area contributed by atoms with Crippen molar-refractivity contribution in [2.75, 3.05) is 7.11 Å². The van der Waals surface area contributed by atoms with Crippen LogP contribution in [0.4, 0.5) is 0 Å². The van der Waals surface area contributed by atoms with Crippen LogP contribution in [0, 0.1) is 13.8 Å². The van der Waals surface area contributed by atoms with Crippen LogP contribution in [0.3, 0.4) is 0 Å². The number of benzene rings is 1. The van der Waals surface area contributed by atoms with Crippen LogP contribution in [0.15, 0.2) is 22.8 Å². The number of methoxy groups -OCH3 is 1. The molecule has 0 radical (unpaired) electrons. The Morgan fingerprint density at radius 1 is 1.20 bits per heavy atom. The van der Waals surface area contributed by atoms with E-state index in [1.165, 1.54) is 18.4 Å². The summed E-state index contributed by atoms with van der Waals surface area (Å²) in [7, 11) is 1.71. The van der Waals surface area contributed by atoms with Crippen molar-refractivity contribution < 1.29 is 4.74 Å². The fourth-order valence-corrected chi connectivity index (χ4v) is 2.75. The van der Waals surface area contributed by atoms with E-state index in [1.54, 1.807) is 7.11 Å². The van der Waals surface area contributed by atoms with Crippen molar-refractivity contribution in [3.8, 4) is 17.0 Å². The third kappa shape index (κ3) is 2.44. The first-order valence-corrected chi connectivity index (χ1v) is 7.58. The highest BCUT2D eigenvalue weighted by Gasteiger charge is 2.27. The number of hydrogen-bond donors (Lipinski definition) is 0. The van der Waals surface area contributed by atoms with E-state index in [2.05, 4.69) is 46.9 Å². The maximum atomic E-state index is 5.59. The van der Waals surface area contributed by atoms with Gasteiger partial charge in [0.1, 0.15) is 16.2 Å². The second kappa shape index (κ2) is 5.17. The average Bonchev–Trinajstić information content (AvgIpc) is 3.25. The van der Waals surface area contributed by atoms with Crippen LogP contribution < -0.4 is 4.74 Å². The second-order valence-electron chi connectivity index (χ2n) is 5.30. The topological polar surface area (TPSA) is 35.0 Å². The third-order valence-corrected chi connectivity index (χ3v) is 4.22. The van der Waals surface area contributed by atoms with Gasteiger partial charge in [0.15, 0.2) is 0 Å². The molecule has 0 saturated heterocycles. The highest BCUT2D eigenvalue weighted by Crippen LogP contribution is 2.40. The second-order valence-corrected chi connectivity index (χ2v) is 6.11. The van der Waals surface area contributed by atoms with Gasteiger partial charge in [0, 0.05) is 11.5 Å². The van der Waals surface area contributed by atoms with E-state index in [0.29, 0.717) is 5.92 Å². The molecule has 1 aliphatic carbocycles. The molecule has 3 rings (SSSR count). The van der Waals surface area contributed by atoms with Crippen LogP contribution in [0.25, 0.3) is 11.3 Å². The van der Waals surface area contributed by atoms with Crippen molar-refractivity contribution in [1.82, 2.24) is 9.97 Å². The van der Waals surface area contributed by atoms with E-state index in [1.807, 2.05) is 6.07 Å². The van der Waals surface area contributed by atoms with Crippen LogP contribution in [0.2, 0.25) is 0 Å². The van der Waals surface area contributed by atoms with Crippen molar-refractivity contribution in [2.45, 2.75) is 32.6 Å². The number of ether oxygens (including phenoxy) is 1. The summed E-state index contributed by atoms with van der Waals surface area (Å²) >= 11 is 3.49. The first kappa shape index (κ1) is 13.6. The molecule has 0 spiro atoms. The molecule has 1 heterocycles. The molecule has 1 saturated carbocycles. The van der Waals surface area contributed by atoms with E-state index < -0.39 is 0 Å². The number of aromatic nitrogens is 2. The number of rotatable bonds is 3. The number of hydrogen-bond acceptors (Lipinski definition) is 3. The number of nitrogens with zero attached hydrogens (tertiary/aromatic N) is 2. The Balaban J connectivity index is 2.15. The van der Waals surface area contributed by atoms with Gasteiger partial charge >= 0.3 is 0 Å². The fraction of sp³-hybridized carbons (Fsp3) is 0.375. The lowest BCUT2D eigenvalue weighted by Crippen LogP contribution is -1.99. The third-order valence-electron chi connectivity index (χ3n) is 3.81. The monoisotopic (exact) mass is 332 g/mol. The Morgan fingerprint density at radius 2 is 1.95 bits per heavy atom. The summed E-state index contributed by atoms with van der Waals surface area (Å²) in [6.07, 6.45) is 2.39. The maximum absolute atomic E-state index is 5.59. The fourth-order valence-electron chi connectivity index (χ4n) is 2.35. The maximum Gasteiger partial charge on any atom is 0.133 e. The predicted octanol–water partition coefficient (Wildman–Crippen LogP) is 4.41. The van der Waals surface area contributed by atoms with Crippen LogP contribution in [0.1, 0.15) is 35.7 Å².